The molecule has 0 bridgehead atoms. The number of likely N-dealkylation sites (tertiary alicyclic amines) is 1. The average Bonchev–Trinajstić information content (AvgIpc) is 3.36. The zero-order valence-electron chi connectivity index (χ0n) is 17.1. The van der Waals surface area contributed by atoms with Gasteiger partial charge in [0.15, 0.2) is 5.82 Å². The molecule has 0 aliphatic carbocycles. The summed E-state index contributed by atoms with van der Waals surface area (Å²) in [6.07, 6.45) is 0.884. The molecule has 2 heterocycles. The van der Waals surface area contributed by atoms with Crippen molar-refractivity contribution in [3.05, 3.63) is 82.9 Å². The zero-order chi connectivity index (χ0) is 21.1. The number of nitrogens with zero attached hydrogens (tertiary/aromatic N) is 3. The van der Waals surface area contributed by atoms with Crippen LogP contribution in [0.1, 0.15) is 45.6 Å². The van der Waals surface area contributed by atoms with Gasteiger partial charge in [-0.15, -0.1) is 0 Å². The molecule has 1 aromatic heterocycles. The van der Waals surface area contributed by atoms with Gasteiger partial charge in [-0.05, 0) is 38.0 Å². The average molecular weight is 403 g/mol. The van der Waals surface area contributed by atoms with Crippen LogP contribution in [0.15, 0.2) is 54.6 Å². The van der Waals surface area contributed by atoms with E-state index in [0.717, 1.165) is 11.1 Å². The van der Waals surface area contributed by atoms with Gasteiger partial charge in [-0.2, -0.15) is 5.10 Å². The van der Waals surface area contributed by atoms with Gasteiger partial charge in [0, 0.05) is 18.2 Å². The highest BCUT2D eigenvalue weighted by molar-refractivity contribution is 5.94. The molecule has 7 heteroatoms. The van der Waals surface area contributed by atoms with Crippen molar-refractivity contribution < 1.29 is 9.59 Å². The van der Waals surface area contributed by atoms with E-state index in [0.29, 0.717) is 36.6 Å². The third kappa shape index (κ3) is 4.40. The van der Waals surface area contributed by atoms with E-state index in [1.807, 2.05) is 56.3 Å². The van der Waals surface area contributed by atoms with Gasteiger partial charge in [-0.25, -0.2) is 4.98 Å². The minimum absolute atomic E-state index is 0.00256. The van der Waals surface area contributed by atoms with Gasteiger partial charge in [0.05, 0.1) is 12.5 Å². The molecule has 154 valence electrons. The van der Waals surface area contributed by atoms with Crippen molar-refractivity contribution in [1.29, 1.82) is 0 Å². The van der Waals surface area contributed by atoms with Crippen LogP contribution >= 0.6 is 0 Å². The molecule has 7 nitrogen and oxygen atoms in total. The Balaban J connectivity index is 1.51. The number of carbonyl (C=O) groups is 2. The Morgan fingerprint density at radius 1 is 1.10 bits per heavy atom. The number of benzene rings is 2. The van der Waals surface area contributed by atoms with Gasteiger partial charge < -0.3 is 10.2 Å². The monoisotopic (exact) mass is 403 g/mol. The Kier molecular flexibility index (Phi) is 5.61. The molecule has 2 aromatic carbocycles. The summed E-state index contributed by atoms with van der Waals surface area (Å²) in [5.41, 5.74) is 2.73. The Labute approximate surface area is 175 Å². The minimum Gasteiger partial charge on any atom is -0.347 e. The molecule has 0 saturated carbocycles. The number of aromatic nitrogens is 3. The fourth-order valence-electron chi connectivity index (χ4n) is 3.81. The maximum Gasteiger partial charge on any atom is 0.251 e. The number of rotatable bonds is 5. The SMILES string of the molecule is Cc1ccc(CC(=O)N2C[C@@H](NC(=O)c3ccccc3)C[C@H]2c2n[nH]c(C)n2)cc1. The number of hydrogen-bond acceptors (Lipinski definition) is 4. The lowest BCUT2D eigenvalue weighted by Gasteiger charge is -2.22. The Bertz CT molecular complexity index is 1030. The molecule has 4 rings (SSSR count). The predicted octanol–water partition coefficient (Wildman–Crippen LogP) is 2.74. The van der Waals surface area contributed by atoms with Crippen LogP contribution < -0.4 is 5.32 Å². The summed E-state index contributed by atoms with van der Waals surface area (Å²) in [6.45, 7) is 4.29. The number of hydrogen-bond donors (Lipinski definition) is 2. The summed E-state index contributed by atoms with van der Waals surface area (Å²) in [5.74, 6) is 1.15. The van der Waals surface area contributed by atoms with E-state index in [9.17, 15) is 9.59 Å². The van der Waals surface area contributed by atoms with E-state index < -0.39 is 0 Å². The van der Waals surface area contributed by atoms with E-state index in [1.165, 1.54) is 0 Å². The summed E-state index contributed by atoms with van der Waals surface area (Å²) in [7, 11) is 0. The first-order valence-corrected chi connectivity index (χ1v) is 10.1. The summed E-state index contributed by atoms with van der Waals surface area (Å²) in [4.78, 5) is 32.0. The molecule has 1 saturated heterocycles. The van der Waals surface area contributed by atoms with Gasteiger partial charge in [-0.3, -0.25) is 14.7 Å². The van der Waals surface area contributed by atoms with Gasteiger partial charge in [0.2, 0.25) is 5.91 Å². The van der Waals surface area contributed by atoms with Crippen molar-refractivity contribution >= 4 is 11.8 Å². The quantitative estimate of drug-likeness (QED) is 0.685. The standard InChI is InChI=1S/C23H25N5O2/c1-15-8-10-17(11-9-15)12-21(29)28-14-19(13-20(28)22-24-16(2)26-27-22)25-23(30)18-6-4-3-5-7-18/h3-11,19-20H,12-14H2,1-2H3,(H,25,30)(H,24,26,27)/t19-,20-/m0/s1. The van der Waals surface area contributed by atoms with Crippen molar-refractivity contribution in [3.8, 4) is 0 Å². The lowest BCUT2D eigenvalue weighted by atomic mass is 10.1. The smallest absolute Gasteiger partial charge is 0.251 e. The third-order valence-electron chi connectivity index (χ3n) is 5.38. The van der Waals surface area contributed by atoms with Gasteiger partial charge in [0.25, 0.3) is 5.91 Å². The summed E-state index contributed by atoms with van der Waals surface area (Å²) < 4.78 is 0. The van der Waals surface area contributed by atoms with E-state index in [4.69, 9.17) is 0 Å². The fourth-order valence-corrected chi connectivity index (χ4v) is 3.81. The molecule has 1 aliphatic heterocycles. The molecule has 2 amide bonds. The second-order valence-electron chi connectivity index (χ2n) is 7.78. The zero-order valence-corrected chi connectivity index (χ0v) is 17.1. The first-order valence-electron chi connectivity index (χ1n) is 10.1. The van der Waals surface area contributed by atoms with E-state index >= 15 is 0 Å². The molecule has 2 atom stereocenters. The first-order chi connectivity index (χ1) is 14.5. The Morgan fingerprint density at radius 3 is 2.50 bits per heavy atom. The summed E-state index contributed by atoms with van der Waals surface area (Å²) >= 11 is 0. The number of amides is 2. The maximum absolute atomic E-state index is 13.1. The van der Waals surface area contributed by atoms with Gasteiger partial charge in [-0.1, -0.05) is 48.0 Å². The molecular weight excluding hydrogens is 378 g/mol. The largest absolute Gasteiger partial charge is 0.347 e. The van der Waals surface area contributed by atoms with Crippen LogP contribution in [0.3, 0.4) is 0 Å². The number of aromatic amines is 1. The van der Waals surface area contributed by atoms with Crippen molar-refractivity contribution in [2.24, 2.45) is 0 Å². The van der Waals surface area contributed by atoms with Crippen LogP contribution in [0.2, 0.25) is 0 Å². The van der Waals surface area contributed by atoms with Crippen LogP contribution in [-0.2, 0) is 11.2 Å². The second kappa shape index (κ2) is 8.49. The van der Waals surface area contributed by atoms with Crippen molar-refractivity contribution in [1.82, 2.24) is 25.4 Å². The van der Waals surface area contributed by atoms with E-state index in [1.54, 1.807) is 17.0 Å². The Hall–Kier alpha value is -3.48. The topological polar surface area (TPSA) is 91.0 Å². The molecule has 2 N–H and O–H groups in total. The van der Waals surface area contributed by atoms with Crippen LogP contribution in [-0.4, -0.2) is 44.5 Å². The maximum atomic E-state index is 13.1. The van der Waals surface area contributed by atoms with E-state index in [2.05, 4.69) is 20.5 Å². The van der Waals surface area contributed by atoms with Crippen LogP contribution in [0, 0.1) is 13.8 Å². The molecule has 0 unspecified atom stereocenters. The fraction of sp³-hybridized carbons (Fsp3) is 0.304. The molecule has 30 heavy (non-hydrogen) atoms. The normalized spacial score (nSPS) is 18.4. The highest BCUT2D eigenvalue weighted by Crippen LogP contribution is 2.31. The Morgan fingerprint density at radius 2 is 1.83 bits per heavy atom. The van der Waals surface area contributed by atoms with Crippen molar-refractivity contribution in [2.75, 3.05) is 6.54 Å². The van der Waals surface area contributed by atoms with Crippen molar-refractivity contribution in [3.63, 3.8) is 0 Å². The molecule has 1 aliphatic rings. The number of aryl methyl sites for hydroxylation is 2. The summed E-state index contributed by atoms with van der Waals surface area (Å²) in [5, 5.41) is 10.2. The number of H-pyrrole nitrogens is 1. The molecule has 0 spiro atoms. The predicted molar refractivity (Wildman–Crippen MR) is 113 cm³/mol. The molecule has 3 aromatic rings. The van der Waals surface area contributed by atoms with Gasteiger partial charge in [0.1, 0.15) is 5.82 Å². The van der Waals surface area contributed by atoms with Crippen LogP contribution in [0.5, 0.6) is 0 Å². The van der Waals surface area contributed by atoms with Gasteiger partial charge >= 0.3 is 0 Å². The molecule has 1 fully saturated rings. The third-order valence-corrected chi connectivity index (χ3v) is 5.38. The van der Waals surface area contributed by atoms with Crippen molar-refractivity contribution in [2.45, 2.75) is 38.8 Å². The molecular formula is C23H25N5O2. The van der Waals surface area contributed by atoms with Crippen LogP contribution in [0.4, 0.5) is 0 Å². The number of nitrogens with one attached hydrogen (secondary N) is 2. The number of carbonyl (C=O) groups excluding carboxylic acids is 2. The van der Waals surface area contributed by atoms with Crippen LogP contribution in [0.25, 0.3) is 0 Å². The van der Waals surface area contributed by atoms with E-state index in [-0.39, 0.29) is 23.9 Å². The summed E-state index contributed by atoms with van der Waals surface area (Å²) in [6, 6.07) is 16.6. The highest BCUT2D eigenvalue weighted by atomic mass is 16.2. The second-order valence-corrected chi connectivity index (χ2v) is 7.78. The minimum atomic E-state index is -0.269. The highest BCUT2D eigenvalue weighted by Gasteiger charge is 2.38. The lowest BCUT2D eigenvalue weighted by molar-refractivity contribution is -0.131. The lowest BCUT2D eigenvalue weighted by Crippen LogP contribution is -2.39. The first kappa shape index (κ1) is 19.8. The molecule has 0 radical (unpaired) electrons.